The van der Waals surface area contributed by atoms with Crippen LogP contribution in [0.1, 0.15) is 18.3 Å². The van der Waals surface area contributed by atoms with E-state index in [2.05, 4.69) is 20.0 Å². The van der Waals surface area contributed by atoms with Crippen LogP contribution in [-0.4, -0.2) is 28.4 Å². The highest BCUT2D eigenvalue weighted by Crippen LogP contribution is 2.29. The number of para-hydroxylation sites is 1. The lowest BCUT2D eigenvalue weighted by Gasteiger charge is -2.10. The van der Waals surface area contributed by atoms with Crippen LogP contribution in [-0.2, 0) is 13.0 Å². The third-order valence-electron chi connectivity index (χ3n) is 2.63. The van der Waals surface area contributed by atoms with Gasteiger partial charge in [0, 0.05) is 25.1 Å². The minimum atomic E-state index is 0.191. The van der Waals surface area contributed by atoms with Crippen molar-refractivity contribution < 1.29 is 14.4 Å². The third kappa shape index (κ3) is 3.69. The van der Waals surface area contributed by atoms with Crippen LogP contribution in [0.3, 0.4) is 0 Å². The molecule has 0 radical (unpaired) electrons. The molecule has 2 N–H and O–H groups in total. The zero-order valence-electron chi connectivity index (χ0n) is 10.8. The topological polar surface area (TPSA) is 80.4 Å². The van der Waals surface area contributed by atoms with Gasteiger partial charge in [0.15, 0.2) is 17.3 Å². The quantitative estimate of drug-likeness (QED) is 0.737. The molecule has 0 bridgehead atoms. The van der Waals surface area contributed by atoms with Gasteiger partial charge in [-0.3, -0.25) is 0 Å². The predicted octanol–water partition coefficient (Wildman–Crippen LogP) is 1.51. The third-order valence-corrected chi connectivity index (χ3v) is 2.63. The molecule has 2 rings (SSSR count). The Morgan fingerprint density at radius 2 is 2.32 bits per heavy atom. The fraction of sp³-hybridized carbons (Fsp3) is 0.385. The largest absolute Gasteiger partial charge is 0.504 e. The predicted molar refractivity (Wildman–Crippen MR) is 69.0 cm³/mol. The van der Waals surface area contributed by atoms with E-state index in [9.17, 15) is 5.11 Å². The Balaban J connectivity index is 1.83. The lowest BCUT2D eigenvalue weighted by molar-refractivity contribution is 0.316. The maximum atomic E-state index is 10.00. The van der Waals surface area contributed by atoms with Crippen molar-refractivity contribution in [2.45, 2.75) is 19.9 Å². The van der Waals surface area contributed by atoms with Crippen LogP contribution in [0.2, 0.25) is 0 Å². The van der Waals surface area contributed by atoms with E-state index in [1.807, 2.05) is 19.1 Å². The first-order valence-electron chi connectivity index (χ1n) is 6.21. The van der Waals surface area contributed by atoms with E-state index in [0.29, 0.717) is 37.7 Å². The number of phenolic OH excluding ortho intramolecular Hbond substituents is 1. The summed E-state index contributed by atoms with van der Waals surface area (Å²) in [6, 6.07) is 5.47. The van der Waals surface area contributed by atoms with Gasteiger partial charge in [0.25, 0.3) is 0 Å². The summed E-state index contributed by atoms with van der Waals surface area (Å²) < 4.78 is 9.98. The molecule has 19 heavy (non-hydrogen) atoms. The lowest BCUT2D eigenvalue weighted by atomic mass is 10.2. The highest BCUT2D eigenvalue weighted by molar-refractivity contribution is 5.45. The van der Waals surface area contributed by atoms with Gasteiger partial charge in [-0.1, -0.05) is 17.3 Å². The van der Waals surface area contributed by atoms with Crippen molar-refractivity contribution >= 4 is 0 Å². The van der Waals surface area contributed by atoms with E-state index < -0.39 is 0 Å². The maximum absolute atomic E-state index is 10.00. The van der Waals surface area contributed by atoms with Crippen molar-refractivity contribution in [1.29, 1.82) is 0 Å². The number of nitrogens with zero attached hydrogens (tertiary/aromatic N) is 2. The number of benzene rings is 1. The van der Waals surface area contributed by atoms with Gasteiger partial charge in [-0.05, 0) is 13.0 Å². The Bertz CT molecular complexity index is 500. The average Bonchev–Trinajstić information content (AvgIpc) is 2.92. The molecule has 1 aromatic carbocycles. The highest BCUT2D eigenvalue weighted by Gasteiger charge is 2.07. The Morgan fingerprint density at radius 3 is 3.05 bits per heavy atom. The second-order valence-corrected chi connectivity index (χ2v) is 3.97. The molecule has 0 saturated heterocycles. The average molecular weight is 263 g/mol. The minimum absolute atomic E-state index is 0.191. The SMILES string of the molecule is CCOc1cccc(CNCCc2ncon2)c1O. The van der Waals surface area contributed by atoms with Crippen LogP contribution < -0.4 is 10.1 Å². The van der Waals surface area contributed by atoms with Crippen molar-refractivity contribution in [1.82, 2.24) is 15.5 Å². The zero-order valence-corrected chi connectivity index (χ0v) is 10.8. The van der Waals surface area contributed by atoms with Crippen LogP contribution in [0.4, 0.5) is 0 Å². The monoisotopic (exact) mass is 263 g/mol. The molecule has 0 spiro atoms. The van der Waals surface area contributed by atoms with Gasteiger partial charge >= 0.3 is 0 Å². The van der Waals surface area contributed by atoms with E-state index in [4.69, 9.17) is 4.74 Å². The molecular weight excluding hydrogens is 246 g/mol. The Labute approximate surface area is 111 Å². The summed E-state index contributed by atoms with van der Waals surface area (Å²) in [7, 11) is 0. The molecule has 102 valence electrons. The normalized spacial score (nSPS) is 10.6. The molecule has 0 unspecified atom stereocenters. The summed E-state index contributed by atoms with van der Waals surface area (Å²) in [6.07, 6.45) is 2.00. The minimum Gasteiger partial charge on any atom is -0.504 e. The van der Waals surface area contributed by atoms with E-state index in [-0.39, 0.29) is 5.75 Å². The highest BCUT2D eigenvalue weighted by atomic mass is 16.5. The van der Waals surface area contributed by atoms with Crippen molar-refractivity contribution in [2.24, 2.45) is 0 Å². The molecule has 0 amide bonds. The number of hydrogen-bond donors (Lipinski definition) is 2. The molecule has 0 atom stereocenters. The van der Waals surface area contributed by atoms with Gasteiger partial charge in [0.1, 0.15) is 0 Å². The van der Waals surface area contributed by atoms with Gasteiger partial charge in [-0.2, -0.15) is 4.98 Å². The maximum Gasteiger partial charge on any atom is 0.213 e. The van der Waals surface area contributed by atoms with E-state index >= 15 is 0 Å². The molecule has 0 aliphatic heterocycles. The molecule has 0 saturated carbocycles. The number of nitrogens with one attached hydrogen (secondary N) is 1. The van der Waals surface area contributed by atoms with Crippen LogP contribution in [0, 0.1) is 0 Å². The first kappa shape index (κ1) is 13.4. The fourth-order valence-electron chi connectivity index (χ4n) is 1.71. The molecule has 6 heteroatoms. The number of hydrogen-bond acceptors (Lipinski definition) is 6. The summed E-state index contributed by atoms with van der Waals surface area (Å²) >= 11 is 0. The van der Waals surface area contributed by atoms with Crippen molar-refractivity contribution in [3.8, 4) is 11.5 Å². The standard InChI is InChI=1S/C13H17N3O3/c1-2-18-11-5-3-4-10(13(11)17)8-14-7-6-12-15-9-19-16-12/h3-5,9,14,17H,2,6-8H2,1H3. The second-order valence-electron chi connectivity index (χ2n) is 3.97. The van der Waals surface area contributed by atoms with Gasteiger partial charge in [-0.15, -0.1) is 0 Å². The van der Waals surface area contributed by atoms with Crippen LogP contribution >= 0.6 is 0 Å². The smallest absolute Gasteiger partial charge is 0.213 e. The molecule has 0 aliphatic rings. The first-order chi connectivity index (χ1) is 9.31. The summed E-state index contributed by atoms with van der Waals surface area (Å²) in [5.74, 6) is 1.37. The number of ether oxygens (including phenoxy) is 1. The summed E-state index contributed by atoms with van der Waals surface area (Å²) in [5, 5.41) is 16.9. The van der Waals surface area contributed by atoms with Crippen LogP contribution in [0.25, 0.3) is 0 Å². The van der Waals surface area contributed by atoms with Crippen molar-refractivity contribution in [3.63, 3.8) is 0 Å². The van der Waals surface area contributed by atoms with E-state index in [1.54, 1.807) is 6.07 Å². The van der Waals surface area contributed by atoms with Gasteiger partial charge in [0.05, 0.1) is 6.61 Å². The zero-order chi connectivity index (χ0) is 13.5. The second kappa shape index (κ2) is 6.75. The number of aromatic hydroxyl groups is 1. The first-order valence-corrected chi connectivity index (χ1v) is 6.21. The van der Waals surface area contributed by atoms with Gasteiger partial charge in [-0.25, -0.2) is 0 Å². The summed E-state index contributed by atoms with van der Waals surface area (Å²) in [4.78, 5) is 3.93. The summed E-state index contributed by atoms with van der Waals surface area (Å²) in [5.41, 5.74) is 0.805. The number of aromatic nitrogens is 2. The molecule has 1 heterocycles. The Kier molecular flexibility index (Phi) is 4.74. The van der Waals surface area contributed by atoms with Gasteiger partial charge in [0.2, 0.25) is 6.39 Å². The number of phenols is 1. The molecule has 0 aliphatic carbocycles. The molecule has 6 nitrogen and oxygen atoms in total. The fourth-order valence-corrected chi connectivity index (χ4v) is 1.71. The van der Waals surface area contributed by atoms with Crippen LogP contribution in [0.15, 0.2) is 29.1 Å². The molecule has 0 fully saturated rings. The lowest BCUT2D eigenvalue weighted by Crippen LogP contribution is -2.17. The van der Waals surface area contributed by atoms with Crippen molar-refractivity contribution in [3.05, 3.63) is 36.0 Å². The molecular formula is C13H17N3O3. The molecule has 2 aromatic rings. The molecule has 1 aromatic heterocycles. The van der Waals surface area contributed by atoms with E-state index in [0.717, 1.165) is 5.56 Å². The van der Waals surface area contributed by atoms with Gasteiger partial charge < -0.3 is 19.7 Å². The van der Waals surface area contributed by atoms with Crippen molar-refractivity contribution in [2.75, 3.05) is 13.2 Å². The van der Waals surface area contributed by atoms with E-state index in [1.165, 1.54) is 6.39 Å². The van der Waals surface area contributed by atoms with Crippen LogP contribution in [0.5, 0.6) is 11.5 Å². The number of rotatable bonds is 7. The summed E-state index contributed by atoms with van der Waals surface area (Å²) in [6.45, 7) is 3.68. The Hall–Kier alpha value is -2.08. The Morgan fingerprint density at radius 1 is 1.42 bits per heavy atom.